The second kappa shape index (κ2) is 13.7. The highest BCUT2D eigenvalue weighted by Crippen LogP contribution is 2.40. The van der Waals surface area contributed by atoms with Crippen molar-refractivity contribution in [2.24, 2.45) is 5.10 Å². The molecule has 1 N–H and O–H groups in total. The number of nitrogens with one attached hydrogen (secondary N) is 1. The average Bonchev–Trinajstić information content (AvgIpc) is 3.37. The third-order valence-electron chi connectivity index (χ3n) is 6.76. The van der Waals surface area contributed by atoms with Crippen LogP contribution in [0.1, 0.15) is 43.5 Å². The van der Waals surface area contributed by atoms with Crippen molar-refractivity contribution in [3.8, 4) is 11.5 Å². The quantitative estimate of drug-likeness (QED) is 0.150. The molecule has 9 heteroatoms. The predicted molar refractivity (Wildman–Crippen MR) is 170 cm³/mol. The fourth-order valence-corrected chi connectivity index (χ4v) is 6.27. The van der Waals surface area contributed by atoms with E-state index in [2.05, 4.69) is 26.5 Å². The molecule has 4 aromatic rings. The number of amides is 2. The molecule has 2 amide bonds. The fourth-order valence-electron chi connectivity index (χ4n) is 4.50. The molecule has 4 aromatic carbocycles. The van der Waals surface area contributed by atoms with E-state index in [-0.39, 0.29) is 17.2 Å². The van der Waals surface area contributed by atoms with Crippen molar-refractivity contribution >= 4 is 45.7 Å². The topological polar surface area (TPSA) is 80.2 Å². The van der Waals surface area contributed by atoms with Crippen LogP contribution in [0.2, 0.25) is 0 Å². The maximum absolute atomic E-state index is 12.8. The van der Waals surface area contributed by atoms with Crippen molar-refractivity contribution in [1.82, 2.24) is 10.3 Å². The molecule has 0 unspecified atom stereocenters. The first kappa shape index (κ1) is 29.4. The zero-order valence-electron chi connectivity index (χ0n) is 23.2. The molecule has 1 atom stereocenters. The van der Waals surface area contributed by atoms with Gasteiger partial charge in [0, 0.05) is 12.1 Å². The Hall–Kier alpha value is -4.08. The molecule has 1 fully saturated rings. The van der Waals surface area contributed by atoms with E-state index in [1.165, 1.54) is 5.56 Å². The maximum Gasteiger partial charge on any atom is 0.271 e. The van der Waals surface area contributed by atoms with Gasteiger partial charge in [-0.1, -0.05) is 72.3 Å². The van der Waals surface area contributed by atoms with Crippen LogP contribution in [0.5, 0.6) is 11.5 Å². The Labute approximate surface area is 258 Å². The Balaban J connectivity index is 1.20. The maximum atomic E-state index is 12.8. The Morgan fingerprint density at radius 3 is 2.50 bits per heavy atom. The second-order valence-corrected chi connectivity index (χ2v) is 11.7. The van der Waals surface area contributed by atoms with E-state index in [1.54, 1.807) is 43.3 Å². The van der Waals surface area contributed by atoms with Crippen molar-refractivity contribution in [3.05, 3.63) is 129 Å². The SMILES string of the molecule is COc1cc(/C=N\NC(=O)c2ccc([C@H]3SCC(=O)N3Cc3ccccc3)cc2)cc(Br)c1OCc1ccc(C)cc1. The highest BCUT2D eigenvalue weighted by Gasteiger charge is 2.32. The molecule has 1 aliphatic rings. The smallest absolute Gasteiger partial charge is 0.271 e. The molecule has 1 heterocycles. The van der Waals surface area contributed by atoms with E-state index in [0.29, 0.717) is 40.4 Å². The largest absolute Gasteiger partial charge is 0.493 e. The molecular weight excluding hydrogens is 614 g/mol. The molecule has 0 saturated carbocycles. The zero-order valence-corrected chi connectivity index (χ0v) is 25.7. The third-order valence-corrected chi connectivity index (χ3v) is 8.60. The average molecular weight is 645 g/mol. The molecule has 0 aliphatic carbocycles. The number of halogens is 1. The molecule has 0 bridgehead atoms. The number of hydrogen-bond donors (Lipinski definition) is 1. The van der Waals surface area contributed by atoms with Gasteiger partial charge >= 0.3 is 0 Å². The number of hydrazone groups is 1. The number of benzene rings is 4. The number of carbonyl (C=O) groups is 2. The molecule has 42 heavy (non-hydrogen) atoms. The van der Waals surface area contributed by atoms with E-state index >= 15 is 0 Å². The summed E-state index contributed by atoms with van der Waals surface area (Å²) in [5.74, 6) is 1.35. The normalized spacial score (nSPS) is 14.8. The lowest BCUT2D eigenvalue weighted by Gasteiger charge is -2.24. The van der Waals surface area contributed by atoms with Gasteiger partial charge in [-0.05, 0) is 69.4 Å². The summed E-state index contributed by atoms with van der Waals surface area (Å²) in [5.41, 5.74) is 8.08. The van der Waals surface area contributed by atoms with Crippen molar-refractivity contribution in [3.63, 3.8) is 0 Å². The summed E-state index contributed by atoms with van der Waals surface area (Å²) in [6.45, 7) is 3.00. The summed E-state index contributed by atoms with van der Waals surface area (Å²) in [4.78, 5) is 27.2. The minimum Gasteiger partial charge on any atom is -0.493 e. The van der Waals surface area contributed by atoms with Crippen LogP contribution in [-0.2, 0) is 17.9 Å². The summed E-state index contributed by atoms with van der Waals surface area (Å²) in [6.07, 6.45) is 1.55. The second-order valence-electron chi connectivity index (χ2n) is 9.80. The molecule has 1 saturated heterocycles. The lowest BCUT2D eigenvalue weighted by atomic mass is 10.1. The van der Waals surface area contributed by atoms with Gasteiger partial charge in [-0.15, -0.1) is 11.8 Å². The number of thioether (sulfide) groups is 1. The van der Waals surface area contributed by atoms with Gasteiger partial charge in [0.05, 0.1) is 23.5 Å². The predicted octanol–water partition coefficient (Wildman–Crippen LogP) is 6.88. The van der Waals surface area contributed by atoms with Crippen molar-refractivity contribution in [2.45, 2.75) is 25.4 Å². The number of nitrogens with zero attached hydrogens (tertiary/aromatic N) is 2. The summed E-state index contributed by atoms with van der Waals surface area (Å²) in [7, 11) is 1.58. The molecule has 0 aromatic heterocycles. The van der Waals surface area contributed by atoms with Gasteiger partial charge in [0.2, 0.25) is 5.91 Å². The first-order valence-corrected chi connectivity index (χ1v) is 15.2. The number of methoxy groups -OCH3 is 1. The van der Waals surface area contributed by atoms with E-state index in [9.17, 15) is 9.59 Å². The number of carbonyl (C=O) groups excluding carboxylic acids is 2. The lowest BCUT2D eigenvalue weighted by molar-refractivity contribution is -0.128. The monoisotopic (exact) mass is 643 g/mol. The van der Waals surface area contributed by atoms with Crippen LogP contribution in [-0.4, -0.2) is 35.8 Å². The minimum absolute atomic E-state index is 0.0925. The Morgan fingerprint density at radius 1 is 1.05 bits per heavy atom. The van der Waals surface area contributed by atoms with Crippen molar-refractivity contribution < 1.29 is 19.1 Å². The van der Waals surface area contributed by atoms with Gasteiger partial charge in [-0.3, -0.25) is 9.59 Å². The van der Waals surface area contributed by atoms with Gasteiger partial charge in [-0.2, -0.15) is 5.10 Å². The Morgan fingerprint density at radius 2 is 1.79 bits per heavy atom. The summed E-state index contributed by atoms with van der Waals surface area (Å²) < 4.78 is 12.3. The molecule has 5 rings (SSSR count). The fraction of sp³-hybridized carbons (Fsp3) is 0.182. The number of ether oxygens (including phenoxy) is 2. The van der Waals surface area contributed by atoms with Gasteiger partial charge < -0.3 is 14.4 Å². The van der Waals surface area contributed by atoms with Crippen LogP contribution in [0.3, 0.4) is 0 Å². The minimum atomic E-state index is -0.335. The highest BCUT2D eigenvalue weighted by molar-refractivity contribution is 9.10. The van der Waals surface area contributed by atoms with Crippen LogP contribution in [0.4, 0.5) is 0 Å². The third kappa shape index (κ3) is 7.21. The Bertz CT molecular complexity index is 1580. The molecular formula is C33H30BrN3O4S. The number of aryl methyl sites for hydroxylation is 1. The van der Waals surface area contributed by atoms with Gasteiger partial charge in [0.1, 0.15) is 12.0 Å². The first-order valence-electron chi connectivity index (χ1n) is 13.4. The van der Waals surface area contributed by atoms with Crippen LogP contribution in [0.25, 0.3) is 0 Å². The summed E-state index contributed by atoms with van der Waals surface area (Å²) in [6, 6.07) is 29.0. The summed E-state index contributed by atoms with van der Waals surface area (Å²) in [5, 5.41) is 4.04. The lowest BCUT2D eigenvalue weighted by Crippen LogP contribution is -2.27. The highest BCUT2D eigenvalue weighted by atomic mass is 79.9. The first-order chi connectivity index (χ1) is 20.4. The van der Waals surface area contributed by atoms with E-state index in [0.717, 1.165) is 22.3 Å². The molecule has 214 valence electrons. The van der Waals surface area contributed by atoms with Gasteiger partial charge in [-0.25, -0.2) is 5.43 Å². The van der Waals surface area contributed by atoms with Gasteiger partial charge in [0.15, 0.2) is 11.5 Å². The van der Waals surface area contributed by atoms with E-state index < -0.39 is 0 Å². The molecule has 7 nitrogen and oxygen atoms in total. The molecule has 0 radical (unpaired) electrons. The molecule has 0 spiro atoms. The van der Waals surface area contributed by atoms with Crippen LogP contribution >= 0.6 is 27.7 Å². The van der Waals surface area contributed by atoms with Gasteiger partial charge in [0.25, 0.3) is 5.91 Å². The Kier molecular flexibility index (Phi) is 9.61. The van der Waals surface area contributed by atoms with Crippen LogP contribution in [0.15, 0.2) is 101 Å². The number of rotatable bonds is 10. The zero-order chi connectivity index (χ0) is 29.5. The van der Waals surface area contributed by atoms with E-state index in [4.69, 9.17) is 9.47 Å². The van der Waals surface area contributed by atoms with Crippen LogP contribution < -0.4 is 14.9 Å². The van der Waals surface area contributed by atoms with Crippen LogP contribution in [0, 0.1) is 6.92 Å². The van der Waals surface area contributed by atoms with Crippen molar-refractivity contribution in [1.29, 1.82) is 0 Å². The number of hydrogen-bond acceptors (Lipinski definition) is 6. The molecule has 1 aliphatic heterocycles. The van der Waals surface area contributed by atoms with E-state index in [1.807, 2.05) is 84.6 Å². The summed E-state index contributed by atoms with van der Waals surface area (Å²) >= 11 is 5.16. The van der Waals surface area contributed by atoms with Crippen molar-refractivity contribution in [2.75, 3.05) is 12.9 Å². The standard InChI is InChI=1S/C33H30BrN3O4S/c1-22-8-10-24(11-9-22)20-41-31-28(34)16-25(17-29(31)40-2)18-35-36-32(39)26-12-14-27(15-13-26)33-37(30(38)21-42-33)19-23-6-4-3-5-7-23/h3-18,33H,19-21H2,1-2H3,(H,36,39)/b35-18-/t33-/m1/s1.